The third-order valence-corrected chi connectivity index (χ3v) is 3.23. The van der Waals surface area contributed by atoms with Gasteiger partial charge >= 0.3 is 0 Å². The zero-order valence-corrected chi connectivity index (χ0v) is 11.4. The third-order valence-electron chi connectivity index (χ3n) is 2.70. The Hall–Kier alpha value is -0.340. The highest BCUT2D eigenvalue weighted by Crippen LogP contribution is 2.22. The predicted molar refractivity (Wildman–Crippen MR) is 67.9 cm³/mol. The summed E-state index contributed by atoms with van der Waals surface area (Å²) < 4.78 is 7.03. The van der Waals surface area contributed by atoms with Gasteiger partial charge in [0, 0.05) is 4.47 Å². The van der Waals surface area contributed by atoms with Crippen LogP contribution in [-0.2, 0) is 4.74 Å². The van der Waals surface area contributed by atoms with Gasteiger partial charge in [-0.2, -0.15) is 0 Å². The lowest BCUT2D eigenvalue weighted by Gasteiger charge is -2.22. The molecule has 0 spiro atoms. The Labute approximate surface area is 101 Å². The van der Waals surface area contributed by atoms with Gasteiger partial charge in [0.05, 0.1) is 12.2 Å². The van der Waals surface area contributed by atoms with Gasteiger partial charge in [-0.1, -0.05) is 41.9 Å². The van der Waals surface area contributed by atoms with Gasteiger partial charge in [-0.25, -0.2) is 0 Å². The third kappa shape index (κ3) is 3.96. The minimum absolute atomic E-state index is 0.162. The minimum atomic E-state index is 0.162. The number of halogens is 1. The number of ether oxygens (including phenoxy) is 1. The van der Waals surface area contributed by atoms with Gasteiger partial charge in [-0.3, -0.25) is 0 Å². The molecular formula is C13H19BrO. The highest BCUT2D eigenvalue weighted by atomic mass is 79.9. The summed E-state index contributed by atoms with van der Waals surface area (Å²) in [6.07, 6.45) is 0.458. The summed E-state index contributed by atoms with van der Waals surface area (Å²) in [4.78, 5) is 0. The summed E-state index contributed by atoms with van der Waals surface area (Å²) in [7, 11) is 0. The summed E-state index contributed by atoms with van der Waals surface area (Å²) in [5.74, 6) is 0.558. The topological polar surface area (TPSA) is 9.23 Å². The molecule has 0 bridgehead atoms. The molecule has 0 fully saturated rings. The van der Waals surface area contributed by atoms with Gasteiger partial charge in [-0.15, -0.1) is 0 Å². The molecule has 15 heavy (non-hydrogen) atoms. The second-order valence-electron chi connectivity index (χ2n) is 4.28. The van der Waals surface area contributed by atoms with E-state index in [-0.39, 0.29) is 6.10 Å². The minimum Gasteiger partial charge on any atom is -0.371 e. The number of hydrogen-bond acceptors (Lipinski definition) is 1. The Morgan fingerprint density at radius 1 is 1.00 bits per heavy atom. The summed E-state index contributed by atoms with van der Waals surface area (Å²) in [6.45, 7) is 8.58. The van der Waals surface area contributed by atoms with E-state index >= 15 is 0 Å². The van der Waals surface area contributed by atoms with Crippen molar-refractivity contribution in [3.05, 3.63) is 34.3 Å². The van der Waals surface area contributed by atoms with Crippen LogP contribution in [0.3, 0.4) is 0 Å². The molecule has 0 saturated carbocycles. The van der Waals surface area contributed by atoms with Gasteiger partial charge < -0.3 is 4.74 Å². The maximum absolute atomic E-state index is 5.92. The zero-order valence-electron chi connectivity index (χ0n) is 9.83. The Morgan fingerprint density at radius 3 is 2.00 bits per heavy atom. The van der Waals surface area contributed by atoms with E-state index in [1.807, 2.05) is 0 Å². The van der Waals surface area contributed by atoms with Crippen LogP contribution in [0.5, 0.6) is 0 Å². The Kier molecular flexibility index (Phi) is 4.81. The molecule has 0 heterocycles. The first-order chi connectivity index (χ1) is 7.00. The predicted octanol–water partition coefficient (Wildman–Crippen LogP) is 4.57. The number of rotatable bonds is 4. The molecule has 0 aliphatic carbocycles. The first kappa shape index (κ1) is 12.7. The summed E-state index contributed by atoms with van der Waals surface area (Å²) in [5.41, 5.74) is 1.23. The maximum Gasteiger partial charge on any atom is 0.0800 e. The van der Waals surface area contributed by atoms with Crippen LogP contribution in [0.1, 0.15) is 39.4 Å². The van der Waals surface area contributed by atoms with Crippen LogP contribution in [0.25, 0.3) is 0 Å². The quantitative estimate of drug-likeness (QED) is 0.779. The summed E-state index contributed by atoms with van der Waals surface area (Å²) in [6, 6.07) is 8.30. The first-order valence-corrected chi connectivity index (χ1v) is 6.21. The maximum atomic E-state index is 5.92. The van der Waals surface area contributed by atoms with Gasteiger partial charge in [0.15, 0.2) is 0 Å². The molecule has 0 saturated heterocycles. The van der Waals surface area contributed by atoms with Crippen molar-refractivity contribution in [3.8, 4) is 0 Å². The molecule has 0 amide bonds. The number of benzene rings is 1. The molecule has 1 rings (SSSR count). The van der Waals surface area contributed by atoms with Crippen molar-refractivity contribution in [2.75, 3.05) is 0 Å². The average Bonchev–Trinajstić information content (AvgIpc) is 2.18. The Balaban J connectivity index is 2.61. The fourth-order valence-electron chi connectivity index (χ4n) is 1.29. The van der Waals surface area contributed by atoms with Crippen LogP contribution < -0.4 is 0 Å². The highest BCUT2D eigenvalue weighted by Gasteiger charge is 2.13. The van der Waals surface area contributed by atoms with E-state index in [0.717, 1.165) is 4.47 Å². The Bertz CT molecular complexity index is 292. The van der Waals surface area contributed by atoms with Gasteiger partial charge in [0.25, 0.3) is 0 Å². The smallest absolute Gasteiger partial charge is 0.0800 e. The SMILES string of the molecule is CC(OC(C)C(C)C)c1ccc(Br)cc1. The molecule has 0 aromatic heterocycles. The van der Waals surface area contributed by atoms with E-state index in [1.165, 1.54) is 5.56 Å². The fourth-order valence-corrected chi connectivity index (χ4v) is 1.56. The fraction of sp³-hybridized carbons (Fsp3) is 0.538. The van der Waals surface area contributed by atoms with Crippen molar-refractivity contribution >= 4 is 15.9 Å². The second-order valence-corrected chi connectivity index (χ2v) is 5.19. The van der Waals surface area contributed by atoms with Crippen molar-refractivity contribution in [2.24, 2.45) is 5.92 Å². The largest absolute Gasteiger partial charge is 0.371 e. The van der Waals surface area contributed by atoms with Crippen molar-refractivity contribution in [2.45, 2.75) is 39.9 Å². The molecule has 1 aromatic rings. The van der Waals surface area contributed by atoms with Gasteiger partial charge in [0.1, 0.15) is 0 Å². The molecule has 2 unspecified atom stereocenters. The normalized spacial score (nSPS) is 15.3. The Morgan fingerprint density at radius 2 is 1.53 bits per heavy atom. The highest BCUT2D eigenvalue weighted by molar-refractivity contribution is 9.10. The molecule has 0 N–H and O–H groups in total. The van der Waals surface area contributed by atoms with Gasteiger partial charge in [-0.05, 0) is 37.5 Å². The lowest BCUT2D eigenvalue weighted by molar-refractivity contribution is -0.0172. The van der Waals surface area contributed by atoms with E-state index in [4.69, 9.17) is 4.74 Å². The van der Waals surface area contributed by atoms with Gasteiger partial charge in [0.2, 0.25) is 0 Å². The van der Waals surface area contributed by atoms with Crippen molar-refractivity contribution < 1.29 is 4.74 Å². The zero-order chi connectivity index (χ0) is 11.4. The van der Waals surface area contributed by atoms with Crippen LogP contribution in [0, 0.1) is 5.92 Å². The van der Waals surface area contributed by atoms with E-state index in [9.17, 15) is 0 Å². The van der Waals surface area contributed by atoms with Crippen LogP contribution in [-0.4, -0.2) is 6.10 Å². The molecule has 84 valence electrons. The molecule has 2 heteroatoms. The summed E-state index contributed by atoms with van der Waals surface area (Å²) in [5, 5.41) is 0. The lowest BCUT2D eigenvalue weighted by atomic mass is 10.1. The van der Waals surface area contributed by atoms with Crippen LogP contribution in [0.4, 0.5) is 0 Å². The second kappa shape index (κ2) is 5.66. The van der Waals surface area contributed by atoms with Crippen LogP contribution in [0.15, 0.2) is 28.7 Å². The molecular weight excluding hydrogens is 252 g/mol. The lowest BCUT2D eigenvalue weighted by Crippen LogP contribution is -2.17. The monoisotopic (exact) mass is 270 g/mol. The molecule has 2 atom stereocenters. The summed E-state index contributed by atoms with van der Waals surface area (Å²) >= 11 is 3.43. The van der Waals surface area contributed by atoms with E-state index in [0.29, 0.717) is 12.0 Å². The number of hydrogen-bond donors (Lipinski definition) is 0. The van der Waals surface area contributed by atoms with E-state index in [2.05, 4.69) is 67.9 Å². The van der Waals surface area contributed by atoms with Crippen LogP contribution >= 0.6 is 15.9 Å². The first-order valence-electron chi connectivity index (χ1n) is 5.41. The van der Waals surface area contributed by atoms with Crippen LogP contribution in [0.2, 0.25) is 0 Å². The molecule has 0 aliphatic rings. The van der Waals surface area contributed by atoms with E-state index in [1.54, 1.807) is 0 Å². The standard InChI is InChI=1S/C13H19BrO/c1-9(2)10(3)15-11(4)12-5-7-13(14)8-6-12/h5-11H,1-4H3. The van der Waals surface area contributed by atoms with E-state index < -0.39 is 0 Å². The van der Waals surface area contributed by atoms with Crippen molar-refractivity contribution in [1.82, 2.24) is 0 Å². The molecule has 0 aliphatic heterocycles. The molecule has 0 radical (unpaired) electrons. The molecule has 1 aromatic carbocycles. The van der Waals surface area contributed by atoms with Crippen molar-refractivity contribution in [3.63, 3.8) is 0 Å². The van der Waals surface area contributed by atoms with Crippen molar-refractivity contribution in [1.29, 1.82) is 0 Å². The molecule has 1 nitrogen and oxygen atoms in total. The average molecular weight is 271 g/mol.